The van der Waals surface area contributed by atoms with E-state index in [2.05, 4.69) is 9.57 Å². The zero-order valence-corrected chi connectivity index (χ0v) is 11.9. The van der Waals surface area contributed by atoms with Crippen LogP contribution in [0.1, 0.15) is 0 Å². The van der Waals surface area contributed by atoms with Crippen LogP contribution in [0.25, 0.3) is 0 Å². The average Bonchev–Trinajstić information content (AvgIpc) is 2.81. The Bertz CT molecular complexity index is 533. The largest absolute Gasteiger partial charge is 0.392 e. The van der Waals surface area contributed by atoms with Gasteiger partial charge in [-0.1, -0.05) is 4.99 Å². The van der Waals surface area contributed by atoms with Gasteiger partial charge in [0.25, 0.3) is 5.91 Å². The number of rotatable bonds is 0. The van der Waals surface area contributed by atoms with Gasteiger partial charge in [0.1, 0.15) is 0 Å². The molecule has 0 aromatic heterocycles. The first-order valence-electron chi connectivity index (χ1n) is 6.58. The molecule has 0 radical (unpaired) electrons. The fourth-order valence-corrected chi connectivity index (χ4v) is 2.72. The van der Waals surface area contributed by atoms with Crippen molar-refractivity contribution in [2.75, 3.05) is 47.4 Å². The number of nitrogens with zero attached hydrogens (tertiary/aromatic N) is 5. The van der Waals surface area contributed by atoms with Crippen molar-refractivity contribution in [2.24, 2.45) is 4.99 Å². The predicted molar refractivity (Wildman–Crippen MR) is 70.7 cm³/mol. The Morgan fingerprint density at radius 1 is 1.15 bits per heavy atom. The van der Waals surface area contributed by atoms with Crippen molar-refractivity contribution in [3.05, 3.63) is 0 Å². The number of hydrogen-bond donors (Lipinski definition) is 0. The summed E-state index contributed by atoms with van der Waals surface area (Å²) in [5, 5.41) is 0. The normalized spacial score (nSPS) is 27.2. The molecule has 0 aliphatic carbocycles. The molecular formula is C12H18N5O3+. The molecule has 0 spiro atoms. The number of carbonyl (C=O) groups is 2. The van der Waals surface area contributed by atoms with Crippen LogP contribution in [0, 0.1) is 0 Å². The van der Waals surface area contributed by atoms with Crippen LogP contribution in [0.2, 0.25) is 0 Å². The van der Waals surface area contributed by atoms with Crippen molar-refractivity contribution in [3.8, 4) is 0 Å². The van der Waals surface area contributed by atoms with Crippen molar-refractivity contribution in [3.63, 3.8) is 0 Å². The lowest BCUT2D eigenvalue weighted by Crippen LogP contribution is -2.62. The molecule has 2 saturated heterocycles. The van der Waals surface area contributed by atoms with Gasteiger partial charge in [0.05, 0.1) is 33.4 Å². The molecule has 0 N–H and O–H groups in total. The summed E-state index contributed by atoms with van der Waals surface area (Å²) >= 11 is 0. The fraction of sp³-hybridized carbons (Fsp3) is 0.667. The van der Waals surface area contributed by atoms with Crippen LogP contribution in [0.3, 0.4) is 0 Å². The number of aliphatic imine (C=N–C) groups is 1. The van der Waals surface area contributed by atoms with Crippen molar-refractivity contribution >= 4 is 23.7 Å². The number of likely N-dealkylation sites (N-methyl/N-ethyl adjacent to an activating group) is 3. The van der Waals surface area contributed by atoms with Crippen molar-refractivity contribution < 1.29 is 18.9 Å². The maximum Gasteiger partial charge on any atom is 0.392 e. The third-order valence-corrected chi connectivity index (χ3v) is 3.94. The van der Waals surface area contributed by atoms with Gasteiger partial charge in [-0.15, -0.1) is 0 Å². The first kappa shape index (κ1) is 13.0. The molecule has 1 unspecified atom stereocenters. The van der Waals surface area contributed by atoms with Crippen LogP contribution >= 0.6 is 0 Å². The lowest BCUT2D eigenvalue weighted by atomic mass is 10.1. The quantitative estimate of drug-likeness (QED) is 0.513. The summed E-state index contributed by atoms with van der Waals surface area (Å²) in [6.45, 7) is 2.78. The van der Waals surface area contributed by atoms with Crippen molar-refractivity contribution in [1.82, 2.24) is 14.7 Å². The number of guanidine groups is 1. The Morgan fingerprint density at radius 2 is 1.80 bits per heavy atom. The van der Waals surface area contributed by atoms with E-state index in [-0.39, 0.29) is 11.9 Å². The highest BCUT2D eigenvalue weighted by Crippen LogP contribution is 2.21. The zero-order valence-electron chi connectivity index (χ0n) is 11.9. The number of hydrogen-bond acceptors (Lipinski definition) is 3. The first-order chi connectivity index (χ1) is 9.52. The van der Waals surface area contributed by atoms with E-state index in [1.165, 1.54) is 11.9 Å². The van der Waals surface area contributed by atoms with Gasteiger partial charge in [-0.25, -0.2) is 9.69 Å². The minimum Gasteiger partial charge on any atom is -0.375 e. The van der Waals surface area contributed by atoms with Crippen LogP contribution in [0.15, 0.2) is 4.99 Å². The van der Waals surface area contributed by atoms with Gasteiger partial charge in [0.15, 0.2) is 0 Å². The number of morpholine rings is 1. The van der Waals surface area contributed by atoms with Crippen LogP contribution in [0.5, 0.6) is 0 Å². The third-order valence-electron chi connectivity index (χ3n) is 3.94. The van der Waals surface area contributed by atoms with Gasteiger partial charge in [-0.2, -0.15) is 0 Å². The lowest BCUT2D eigenvalue weighted by molar-refractivity contribution is -0.554. The second-order valence-electron chi connectivity index (χ2n) is 5.12. The number of amidine groups is 1. The van der Waals surface area contributed by atoms with Gasteiger partial charge in [0.2, 0.25) is 11.9 Å². The highest BCUT2D eigenvalue weighted by Gasteiger charge is 2.53. The molecule has 3 heterocycles. The summed E-state index contributed by atoms with van der Waals surface area (Å²) in [5.41, 5.74) is 0. The second-order valence-corrected chi connectivity index (χ2v) is 5.12. The van der Waals surface area contributed by atoms with E-state index < -0.39 is 6.04 Å². The van der Waals surface area contributed by atoms with Crippen LogP contribution in [0.4, 0.5) is 4.79 Å². The SMILES string of the molecule is CN1C(=O)C2C(=NC(=[N+]3CCOCC3)N2C)N(C)C1=O. The predicted octanol–water partition coefficient (Wildman–Crippen LogP) is -1.38. The summed E-state index contributed by atoms with van der Waals surface area (Å²) in [7, 11) is 4.98. The summed E-state index contributed by atoms with van der Waals surface area (Å²) in [5.74, 6) is 0.997. The molecule has 0 saturated carbocycles. The lowest BCUT2D eigenvalue weighted by Gasteiger charge is -2.32. The Kier molecular flexibility index (Phi) is 2.97. The van der Waals surface area contributed by atoms with E-state index in [4.69, 9.17) is 4.74 Å². The van der Waals surface area contributed by atoms with Gasteiger partial charge >= 0.3 is 12.0 Å². The first-order valence-corrected chi connectivity index (χ1v) is 6.58. The Hall–Kier alpha value is -1.96. The van der Waals surface area contributed by atoms with Crippen molar-refractivity contribution in [1.29, 1.82) is 0 Å². The van der Waals surface area contributed by atoms with Crippen LogP contribution in [-0.2, 0) is 9.53 Å². The highest BCUT2D eigenvalue weighted by atomic mass is 16.5. The summed E-state index contributed by atoms with van der Waals surface area (Å²) < 4.78 is 7.41. The Morgan fingerprint density at radius 3 is 2.45 bits per heavy atom. The molecule has 1 atom stereocenters. The molecule has 3 rings (SSSR count). The number of urea groups is 1. The summed E-state index contributed by atoms with van der Waals surface area (Å²) in [6.07, 6.45) is 0. The molecule has 8 nitrogen and oxygen atoms in total. The number of fused-ring (bicyclic) bond motifs is 1. The topological polar surface area (TPSA) is 68.5 Å². The minimum atomic E-state index is -0.513. The van der Waals surface area contributed by atoms with Crippen LogP contribution < -0.4 is 0 Å². The van der Waals surface area contributed by atoms with E-state index in [0.29, 0.717) is 19.0 Å². The second kappa shape index (κ2) is 4.55. The molecule has 8 heteroatoms. The molecule has 0 aromatic carbocycles. The number of ether oxygens (including phenoxy) is 1. The molecular weight excluding hydrogens is 262 g/mol. The molecule has 0 bridgehead atoms. The maximum atomic E-state index is 12.3. The zero-order chi connectivity index (χ0) is 14.4. The van der Waals surface area contributed by atoms with Gasteiger partial charge in [-0.3, -0.25) is 19.2 Å². The Balaban J connectivity index is 2.02. The summed E-state index contributed by atoms with van der Waals surface area (Å²) in [6, 6.07) is -0.859. The van der Waals surface area contributed by atoms with Gasteiger partial charge in [0, 0.05) is 14.1 Å². The average molecular weight is 280 g/mol. The van der Waals surface area contributed by atoms with E-state index in [1.54, 1.807) is 7.05 Å². The van der Waals surface area contributed by atoms with E-state index in [0.717, 1.165) is 23.9 Å². The van der Waals surface area contributed by atoms with Gasteiger partial charge < -0.3 is 4.74 Å². The Labute approximate surface area is 116 Å². The standard InChI is InChI=1S/C12H18N5O3/c1-14-8-9(15(2)12(19)16(3)10(8)18)13-11(14)17-4-6-20-7-5-17/h8H,4-7H2,1-3H3/q+1. The highest BCUT2D eigenvalue weighted by molar-refractivity contribution is 6.25. The smallest absolute Gasteiger partial charge is 0.375 e. The van der Waals surface area contributed by atoms with Gasteiger partial charge in [-0.05, 0) is 0 Å². The molecule has 3 aliphatic heterocycles. The fourth-order valence-electron chi connectivity index (χ4n) is 2.72. The molecule has 0 aromatic rings. The summed E-state index contributed by atoms with van der Waals surface area (Å²) in [4.78, 5) is 33.2. The van der Waals surface area contributed by atoms with Crippen LogP contribution in [-0.4, -0.2) is 96.5 Å². The number of carbonyl (C=O) groups excluding carboxylic acids is 2. The molecule has 108 valence electrons. The minimum absolute atomic E-state index is 0.238. The maximum absolute atomic E-state index is 12.3. The van der Waals surface area contributed by atoms with E-state index >= 15 is 0 Å². The van der Waals surface area contributed by atoms with E-state index in [9.17, 15) is 9.59 Å². The number of amides is 3. The van der Waals surface area contributed by atoms with Crippen molar-refractivity contribution in [2.45, 2.75) is 6.04 Å². The van der Waals surface area contributed by atoms with E-state index in [1.807, 2.05) is 11.9 Å². The monoisotopic (exact) mass is 280 g/mol. The number of imide groups is 1. The molecule has 20 heavy (non-hydrogen) atoms. The molecule has 3 amide bonds. The third kappa shape index (κ3) is 1.71. The molecule has 2 fully saturated rings. The molecule has 3 aliphatic rings.